The van der Waals surface area contributed by atoms with Crippen molar-refractivity contribution in [2.75, 3.05) is 19.3 Å². The summed E-state index contributed by atoms with van der Waals surface area (Å²) in [5.74, 6) is 1.58. The van der Waals surface area contributed by atoms with Crippen molar-refractivity contribution in [2.45, 2.75) is 32.4 Å². The number of nitrogens with zero attached hydrogens (tertiary/aromatic N) is 1. The first kappa shape index (κ1) is 17.0. The molecule has 0 saturated carbocycles. The highest BCUT2D eigenvalue weighted by atomic mass is 16.7. The van der Waals surface area contributed by atoms with Crippen molar-refractivity contribution >= 4 is 11.8 Å². The van der Waals surface area contributed by atoms with E-state index >= 15 is 0 Å². The van der Waals surface area contributed by atoms with Crippen LogP contribution in [0, 0.1) is 5.41 Å². The summed E-state index contributed by atoms with van der Waals surface area (Å²) in [6.07, 6.45) is 5.26. The van der Waals surface area contributed by atoms with Gasteiger partial charge in [0.15, 0.2) is 0 Å². The van der Waals surface area contributed by atoms with Crippen LogP contribution in [0.1, 0.15) is 25.0 Å². The molecular weight excluding hydrogens is 326 g/mol. The van der Waals surface area contributed by atoms with E-state index in [0.29, 0.717) is 6.04 Å². The normalized spacial score (nSPS) is 23.2. The molecule has 0 amide bonds. The largest absolute Gasteiger partial charge is 0.497 e. The van der Waals surface area contributed by atoms with Gasteiger partial charge in [0.2, 0.25) is 0 Å². The number of fused-ring (bicyclic) bond motifs is 3. The summed E-state index contributed by atoms with van der Waals surface area (Å²) < 4.78 is 10.8. The molecule has 4 heteroatoms. The molecule has 0 radical (unpaired) electrons. The average Bonchev–Trinajstić information content (AvgIpc) is 3.14. The molecule has 26 heavy (non-hydrogen) atoms. The molecule has 0 N–H and O–H groups in total. The number of hydrogen-bond acceptors (Lipinski definition) is 4. The van der Waals surface area contributed by atoms with Crippen molar-refractivity contribution < 1.29 is 14.3 Å². The van der Waals surface area contributed by atoms with E-state index in [1.165, 1.54) is 11.3 Å². The lowest BCUT2D eigenvalue weighted by Gasteiger charge is -2.26. The van der Waals surface area contributed by atoms with Crippen molar-refractivity contribution in [3.05, 3.63) is 59.7 Å². The Morgan fingerprint density at radius 3 is 2.69 bits per heavy atom. The maximum atomic E-state index is 6.35. The number of methoxy groups -OCH3 is 2. The molecule has 0 aromatic heterocycles. The first-order valence-corrected chi connectivity index (χ1v) is 8.98. The van der Waals surface area contributed by atoms with Gasteiger partial charge < -0.3 is 9.47 Å². The van der Waals surface area contributed by atoms with E-state index in [1.807, 2.05) is 18.2 Å². The molecule has 2 heterocycles. The van der Waals surface area contributed by atoms with Crippen LogP contribution in [0.5, 0.6) is 11.5 Å². The van der Waals surface area contributed by atoms with Gasteiger partial charge in [-0.2, -0.15) is 0 Å². The Labute approximate surface area is 154 Å². The molecule has 2 atom stereocenters. The SMILES string of the molecule is COc1ccc(C=CC2ON3c4ccccc4CC3C2(C)C)c(OC)c1. The molecule has 4 nitrogen and oxygen atoms in total. The van der Waals surface area contributed by atoms with Crippen LogP contribution < -0.4 is 14.5 Å². The molecule has 2 aliphatic rings. The minimum absolute atomic E-state index is 0.00710. The van der Waals surface area contributed by atoms with Crippen molar-refractivity contribution in [2.24, 2.45) is 5.41 Å². The van der Waals surface area contributed by atoms with Crippen LogP contribution in [-0.2, 0) is 11.3 Å². The van der Waals surface area contributed by atoms with Crippen molar-refractivity contribution in [3.63, 3.8) is 0 Å². The molecule has 136 valence electrons. The van der Waals surface area contributed by atoms with Gasteiger partial charge in [-0.1, -0.05) is 44.2 Å². The lowest BCUT2D eigenvalue weighted by molar-refractivity contribution is 0.0849. The fraction of sp³-hybridized carbons (Fsp3) is 0.364. The molecular formula is C22H25NO3. The van der Waals surface area contributed by atoms with E-state index < -0.39 is 0 Å². The summed E-state index contributed by atoms with van der Waals surface area (Å²) in [6, 6.07) is 14.7. The predicted octanol–water partition coefficient (Wildman–Crippen LogP) is 4.49. The third-order valence-electron chi connectivity index (χ3n) is 5.64. The Balaban J connectivity index is 1.59. The van der Waals surface area contributed by atoms with Gasteiger partial charge in [-0.05, 0) is 30.2 Å². The van der Waals surface area contributed by atoms with Crippen LogP contribution >= 0.6 is 0 Å². The summed E-state index contributed by atoms with van der Waals surface area (Å²) >= 11 is 0. The molecule has 0 spiro atoms. The lowest BCUT2D eigenvalue weighted by atomic mass is 9.78. The maximum Gasteiger partial charge on any atom is 0.129 e. The Morgan fingerprint density at radius 1 is 1.12 bits per heavy atom. The number of anilines is 1. The van der Waals surface area contributed by atoms with Crippen molar-refractivity contribution in [3.8, 4) is 11.5 Å². The fourth-order valence-corrected chi connectivity index (χ4v) is 3.93. The van der Waals surface area contributed by atoms with Crippen LogP contribution in [0.3, 0.4) is 0 Å². The monoisotopic (exact) mass is 351 g/mol. The van der Waals surface area contributed by atoms with Crippen LogP contribution in [0.15, 0.2) is 48.5 Å². The second-order valence-electron chi connectivity index (χ2n) is 7.49. The van der Waals surface area contributed by atoms with Gasteiger partial charge >= 0.3 is 0 Å². The summed E-state index contributed by atoms with van der Waals surface area (Å²) in [6.45, 7) is 4.56. The Kier molecular flexibility index (Phi) is 4.16. The summed E-state index contributed by atoms with van der Waals surface area (Å²) in [5, 5.41) is 2.11. The Hall–Kier alpha value is -2.46. The third-order valence-corrected chi connectivity index (χ3v) is 5.64. The number of ether oxygens (including phenoxy) is 2. The van der Waals surface area contributed by atoms with Gasteiger partial charge in [-0.25, -0.2) is 5.06 Å². The molecule has 0 aliphatic carbocycles. The van der Waals surface area contributed by atoms with Crippen LogP contribution in [0.4, 0.5) is 5.69 Å². The van der Waals surface area contributed by atoms with Gasteiger partial charge in [0.05, 0.1) is 25.9 Å². The molecule has 2 aliphatic heterocycles. The summed E-state index contributed by atoms with van der Waals surface area (Å²) in [5.41, 5.74) is 3.59. The highest BCUT2D eigenvalue weighted by molar-refractivity contribution is 5.62. The van der Waals surface area contributed by atoms with E-state index in [9.17, 15) is 0 Å². The van der Waals surface area contributed by atoms with E-state index in [0.717, 1.165) is 23.5 Å². The fourth-order valence-electron chi connectivity index (χ4n) is 3.93. The number of benzene rings is 2. The van der Waals surface area contributed by atoms with Crippen LogP contribution in [-0.4, -0.2) is 26.4 Å². The van der Waals surface area contributed by atoms with Gasteiger partial charge in [-0.3, -0.25) is 4.84 Å². The predicted molar refractivity (Wildman–Crippen MR) is 104 cm³/mol. The second kappa shape index (κ2) is 6.36. The van der Waals surface area contributed by atoms with Crippen molar-refractivity contribution in [1.82, 2.24) is 0 Å². The standard InChI is InChI=1S/C22H25NO3/c1-22(2)20-13-16-7-5-6-8-18(16)23(20)26-21(22)12-10-15-9-11-17(24-3)14-19(15)25-4/h5-12,14,20-21H,13H2,1-4H3. The van der Waals surface area contributed by atoms with Gasteiger partial charge in [0.1, 0.15) is 17.6 Å². The second-order valence-corrected chi connectivity index (χ2v) is 7.49. The van der Waals surface area contributed by atoms with Crippen LogP contribution in [0.25, 0.3) is 6.08 Å². The minimum atomic E-state index is 0.00710. The summed E-state index contributed by atoms with van der Waals surface area (Å²) in [4.78, 5) is 6.35. The Bertz CT molecular complexity index is 843. The first-order valence-electron chi connectivity index (χ1n) is 8.98. The smallest absolute Gasteiger partial charge is 0.129 e. The van der Waals surface area contributed by atoms with Crippen molar-refractivity contribution in [1.29, 1.82) is 0 Å². The van der Waals surface area contributed by atoms with E-state index in [4.69, 9.17) is 14.3 Å². The lowest BCUT2D eigenvalue weighted by Crippen LogP contribution is -2.36. The molecule has 2 aromatic carbocycles. The minimum Gasteiger partial charge on any atom is -0.497 e. The first-order chi connectivity index (χ1) is 12.5. The van der Waals surface area contributed by atoms with Crippen LogP contribution in [0.2, 0.25) is 0 Å². The molecule has 0 bridgehead atoms. The van der Waals surface area contributed by atoms with E-state index in [-0.39, 0.29) is 11.5 Å². The maximum absolute atomic E-state index is 6.35. The van der Waals surface area contributed by atoms with Gasteiger partial charge in [0.25, 0.3) is 0 Å². The third kappa shape index (κ3) is 2.65. The molecule has 4 rings (SSSR count). The molecule has 1 fully saturated rings. The number of para-hydroxylation sites is 1. The quantitative estimate of drug-likeness (QED) is 0.812. The zero-order valence-electron chi connectivity index (χ0n) is 15.7. The number of hydroxylamine groups is 1. The van der Waals surface area contributed by atoms with E-state index in [2.05, 4.69) is 55.3 Å². The van der Waals surface area contributed by atoms with Gasteiger partial charge in [-0.15, -0.1) is 0 Å². The number of hydrogen-bond donors (Lipinski definition) is 0. The van der Waals surface area contributed by atoms with E-state index in [1.54, 1.807) is 14.2 Å². The molecule has 2 unspecified atom stereocenters. The zero-order valence-corrected chi connectivity index (χ0v) is 15.7. The van der Waals surface area contributed by atoms with Gasteiger partial charge in [0, 0.05) is 17.0 Å². The average molecular weight is 351 g/mol. The molecule has 1 saturated heterocycles. The zero-order chi connectivity index (χ0) is 18.3. The highest BCUT2D eigenvalue weighted by Crippen LogP contribution is 2.48. The highest BCUT2D eigenvalue weighted by Gasteiger charge is 2.52. The molecule has 2 aromatic rings. The number of rotatable bonds is 4. The topological polar surface area (TPSA) is 30.9 Å². The summed E-state index contributed by atoms with van der Waals surface area (Å²) in [7, 11) is 3.33. The Morgan fingerprint density at radius 2 is 1.92 bits per heavy atom.